The maximum atomic E-state index is 13.9. The fraction of sp³-hybridized carbons (Fsp3) is 0. The monoisotopic (exact) mass is 554 g/mol. The van der Waals surface area contributed by atoms with E-state index in [9.17, 15) is 4.79 Å². The smallest absolute Gasteiger partial charge is 0.267 e. The Labute approximate surface area is 245 Å². The number of hydrogen-bond donors (Lipinski definition) is 0. The fourth-order valence-corrected chi connectivity index (χ4v) is 5.34. The van der Waals surface area contributed by atoms with Crippen molar-refractivity contribution in [2.24, 2.45) is 0 Å². The molecule has 0 aliphatic carbocycles. The van der Waals surface area contributed by atoms with E-state index in [1.165, 1.54) is 0 Å². The van der Waals surface area contributed by atoms with E-state index in [0.29, 0.717) is 45.4 Å². The van der Waals surface area contributed by atoms with Gasteiger partial charge in [-0.1, -0.05) is 103 Å². The van der Waals surface area contributed by atoms with Crippen LogP contribution >= 0.6 is 0 Å². The molecule has 8 rings (SSSR count). The summed E-state index contributed by atoms with van der Waals surface area (Å²) in [6.45, 7) is 0. The molecule has 0 atom stereocenters. The first-order valence-electron chi connectivity index (χ1n) is 13.9. The first-order valence-corrected chi connectivity index (χ1v) is 13.9. The lowest BCUT2D eigenvalue weighted by Crippen LogP contribution is -2.18. The van der Waals surface area contributed by atoms with Gasteiger partial charge in [-0.2, -0.15) is 0 Å². The molecule has 43 heavy (non-hydrogen) atoms. The van der Waals surface area contributed by atoms with Gasteiger partial charge in [0.15, 0.2) is 23.1 Å². The third-order valence-corrected chi connectivity index (χ3v) is 7.44. The first kappa shape index (κ1) is 24.7. The highest BCUT2D eigenvalue weighted by atomic mass is 16.1. The van der Waals surface area contributed by atoms with Crippen LogP contribution in [0.15, 0.2) is 138 Å². The molecule has 5 aromatic carbocycles. The molecule has 0 radical (unpaired) electrons. The predicted octanol–water partition coefficient (Wildman–Crippen LogP) is 7.25. The van der Waals surface area contributed by atoms with Crippen molar-refractivity contribution in [3.8, 4) is 45.6 Å². The summed E-state index contributed by atoms with van der Waals surface area (Å²) >= 11 is 0. The average molecular weight is 555 g/mol. The summed E-state index contributed by atoms with van der Waals surface area (Å²) in [5.41, 5.74) is 5.07. The van der Waals surface area contributed by atoms with Crippen LogP contribution in [0.4, 0.5) is 0 Å². The zero-order valence-electron chi connectivity index (χ0n) is 22.8. The second-order valence-corrected chi connectivity index (χ2v) is 10.2. The van der Waals surface area contributed by atoms with Gasteiger partial charge in [0.2, 0.25) is 0 Å². The molecule has 0 amide bonds. The van der Waals surface area contributed by atoms with Gasteiger partial charge in [-0.15, -0.1) is 0 Å². The van der Waals surface area contributed by atoms with Gasteiger partial charge < -0.3 is 0 Å². The van der Waals surface area contributed by atoms with E-state index in [1.54, 1.807) is 10.5 Å². The van der Waals surface area contributed by atoms with Crippen LogP contribution < -0.4 is 5.56 Å². The largest absolute Gasteiger partial charge is 0.268 e. The first-order chi connectivity index (χ1) is 21.2. The summed E-state index contributed by atoms with van der Waals surface area (Å²) in [5, 5.41) is 1.26. The normalized spacial score (nSPS) is 11.3. The molecule has 0 unspecified atom stereocenters. The molecule has 7 nitrogen and oxygen atoms in total. The standard InChI is InChI=1S/C36H22N6O/c43-36-27-18-10-11-19-29(27)38-35-28-22-26(20-21-30(28)37-34(42(35)36)25-16-8-3-9-17-25)33-40-31(23-12-4-1-5-13-23)39-32(41-33)24-14-6-2-7-15-24/h1-22H. The Morgan fingerprint density at radius 1 is 0.419 bits per heavy atom. The van der Waals surface area contributed by atoms with Gasteiger partial charge in [0, 0.05) is 27.6 Å². The van der Waals surface area contributed by atoms with Crippen molar-refractivity contribution in [2.45, 2.75) is 0 Å². The molecule has 0 fully saturated rings. The zero-order valence-corrected chi connectivity index (χ0v) is 22.8. The van der Waals surface area contributed by atoms with Crippen molar-refractivity contribution in [1.82, 2.24) is 29.3 Å². The lowest BCUT2D eigenvalue weighted by molar-refractivity contribution is 1.05. The summed E-state index contributed by atoms with van der Waals surface area (Å²) < 4.78 is 1.61. The fourth-order valence-electron chi connectivity index (χ4n) is 5.34. The van der Waals surface area contributed by atoms with Crippen LogP contribution in [-0.2, 0) is 0 Å². The molecule has 0 N–H and O–H groups in total. The van der Waals surface area contributed by atoms with Gasteiger partial charge in [0.05, 0.1) is 16.4 Å². The number of para-hydroxylation sites is 1. The third kappa shape index (κ3) is 4.31. The molecule has 0 aliphatic rings. The van der Waals surface area contributed by atoms with E-state index in [4.69, 9.17) is 24.9 Å². The molecule has 3 heterocycles. The Hall–Kier alpha value is -6.08. The van der Waals surface area contributed by atoms with Crippen molar-refractivity contribution >= 4 is 27.5 Å². The Kier molecular flexibility index (Phi) is 5.79. The molecule has 7 heteroatoms. The minimum absolute atomic E-state index is 0.169. The van der Waals surface area contributed by atoms with Crippen LogP contribution in [0.2, 0.25) is 0 Å². The third-order valence-electron chi connectivity index (χ3n) is 7.44. The van der Waals surface area contributed by atoms with Crippen LogP contribution in [0.3, 0.4) is 0 Å². The lowest BCUT2D eigenvalue weighted by Gasteiger charge is -2.13. The molecule has 0 bridgehead atoms. The van der Waals surface area contributed by atoms with Gasteiger partial charge >= 0.3 is 0 Å². The number of benzene rings is 5. The van der Waals surface area contributed by atoms with E-state index >= 15 is 0 Å². The second-order valence-electron chi connectivity index (χ2n) is 10.2. The quantitative estimate of drug-likeness (QED) is 0.168. The number of rotatable bonds is 4. The average Bonchev–Trinajstić information content (AvgIpc) is 3.09. The van der Waals surface area contributed by atoms with Crippen LogP contribution in [-0.4, -0.2) is 29.3 Å². The van der Waals surface area contributed by atoms with Gasteiger partial charge in [-0.05, 0) is 30.3 Å². The topological polar surface area (TPSA) is 85.9 Å². The van der Waals surface area contributed by atoms with Crippen LogP contribution in [0.5, 0.6) is 0 Å². The van der Waals surface area contributed by atoms with Crippen LogP contribution in [0.25, 0.3) is 73.0 Å². The van der Waals surface area contributed by atoms with Crippen molar-refractivity contribution < 1.29 is 0 Å². The van der Waals surface area contributed by atoms with Gasteiger partial charge in [-0.3, -0.25) is 4.79 Å². The Balaban J connectivity index is 1.42. The van der Waals surface area contributed by atoms with Gasteiger partial charge in [0.25, 0.3) is 5.56 Å². The molecule has 8 aromatic rings. The predicted molar refractivity (Wildman–Crippen MR) is 169 cm³/mol. The Morgan fingerprint density at radius 2 is 0.930 bits per heavy atom. The molecule has 0 saturated carbocycles. The number of nitrogens with zero attached hydrogens (tertiary/aromatic N) is 6. The number of aromatic nitrogens is 6. The van der Waals surface area contributed by atoms with Crippen molar-refractivity contribution in [3.63, 3.8) is 0 Å². The number of fused-ring (bicyclic) bond motifs is 4. The molecular weight excluding hydrogens is 532 g/mol. The molecule has 0 aliphatic heterocycles. The minimum atomic E-state index is -0.169. The molecule has 0 saturated heterocycles. The summed E-state index contributed by atoms with van der Waals surface area (Å²) in [5.74, 6) is 2.21. The molecule has 0 spiro atoms. The van der Waals surface area contributed by atoms with Gasteiger partial charge in [0.1, 0.15) is 5.82 Å². The summed E-state index contributed by atoms with van der Waals surface area (Å²) in [7, 11) is 0. The van der Waals surface area contributed by atoms with E-state index in [0.717, 1.165) is 27.6 Å². The van der Waals surface area contributed by atoms with Crippen molar-refractivity contribution in [1.29, 1.82) is 0 Å². The molecular formula is C36H22N6O. The maximum absolute atomic E-state index is 13.9. The van der Waals surface area contributed by atoms with Crippen molar-refractivity contribution in [2.75, 3.05) is 0 Å². The van der Waals surface area contributed by atoms with E-state index in [1.807, 2.05) is 127 Å². The molecule has 3 aromatic heterocycles. The SMILES string of the molecule is O=c1c2ccccc2nc2c3cc(-c4nc(-c5ccccc5)nc(-c5ccccc5)n4)ccc3nc(-c3ccccc3)n12. The highest BCUT2D eigenvalue weighted by Crippen LogP contribution is 2.30. The van der Waals surface area contributed by atoms with Crippen molar-refractivity contribution in [3.05, 3.63) is 144 Å². The summed E-state index contributed by atoms with van der Waals surface area (Å²) in [6, 6.07) is 42.7. The second kappa shape index (κ2) is 10.1. The van der Waals surface area contributed by atoms with E-state index in [-0.39, 0.29) is 5.56 Å². The summed E-state index contributed by atoms with van der Waals surface area (Å²) in [4.78, 5) is 38.5. The van der Waals surface area contributed by atoms with Crippen LogP contribution in [0.1, 0.15) is 0 Å². The van der Waals surface area contributed by atoms with E-state index < -0.39 is 0 Å². The molecule has 202 valence electrons. The lowest BCUT2D eigenvalue weighted by atomic mass is 10.1. The number of hydrogen-bond acceptors (Lipinski definition) is 6. The minimum Gasteiger partial charge on any atom is -0.268 e. The van der Waals surface area contributed by atoms with E-state index in [2.05, 4.69) is 0 Å². The van der Waals surface area contributed by atoms with Gasteiger partial charge in [-0.25, -0.2) is 29.3 Å². The highest BCUT2D eigenvalue weighted by molar-refractivity contribution is 5.97. The maximum Gasteiger partial charge on any atom is 0.267 e. The summed E-state index contributed by atoms with van der Waals surface area (Å²) in [6.07, 6.45) is 0. The van der Waals surface area contributed by atoms with Crippen LogP contribution in [0, 0.1) is 0 Å². The Bertz CT molecular complexity index is 2300. The highest BCUT2D eigenvalue weighted by Gasteiger charge is 2.18. The zero-order chi connectivity index (χ0) is 28.8. The Morgan fingerprint density at radius 3 is 1.56 bits per heavy atom.